The number of nitrogens with one attached hydrogen (secondary N) is 1. The van der Waals surface area contributed by atoms with E-state index in [4.69, 9.17) is 28.4 Å². The maximum atomic E-state index is 13.4. The minimum Gasteiger partial charge on any atom is -0.394 e. The summed E-state index contributed by atoms with van der Waals surface area (Å²) in [6.45, 7) is 1.57. The summed E-state index contributed by atoms with van der Waals surface area (Å²) in [5.74, 6) is -0.325. The molecule has 98 heavy (non-hydrogen) atoms. The lowest BCUT2D eigenvalue weighted by Gasteiger charge is -2.48. The fourth-order valence-electron chi connectivity index (χ4n) is 11.9. The number of hydrogen-bond acceptors (Lipinski definition) is 18. The van der Waals surface area contributed by atoms with Crippen molar-refractivity contribution in [3.05, 3.63) is 122 Å². The third-order valence-corrected chi connectivity index (χ3v) is 18.0. The molecule has 19 heteroatoms. The SMILES string of the molecule is CC/C=C\C/C=C\C/C=C\C/C=C\C/C=C\C/C=C\C/C=C\CCCCCC(=O)NC(COC1OC(CO)C(OC2OC(CO)C(OC3OC(CO)C(O)C(O)C3O)C(O)C2O)C(O)C1O)C(O)/C=C/CC/C=C/CC/C=C/CCCCCCCCCCCCCCCCCCCC. The molecule has 0 aromatic heterocycles. The Morgan fingerprint density at radius 1 is 0.378 bits per heavy atom. The first-order chi connectivity index (χ1) is 47.8. The van der Waals surface area contributed by atoms with Crippen LogP contribution in [0, 0.1) is 0 Å². The summed E-state index contributed by atoms with van der Waals surface area (Å²) in [4.78, 5) is 13.4. The van der Waals surface area contributed by atoms with Gasteiger partial charge in [-0.05, 0) is 103 Å². The minimum atomic E-state index is -1.99. The van der Waals surface area contributed by atoms with Crippen LogP contribution < -0.4 is 5.32 Å². The number of hydrogen-bond donors (Lipinski definition) is 12. The van der Waals surface area contributed by atoms with Crippen molar-refractivity contribution < 1.29 is 89.4 Å². The van der Waals surface area contributed by atoms with Crippen LogP contribution in [0.2, 0.25) is 0 Å². The van der Waals surface area contributed by atoms with Crippen molar-refractivity contribution >= 4 is 5.91 Å². The van der Waals surface area contributed by atoms with Crippen molar-refractivity contribution in [1.82, 2.24) is 5.32 Å². The molecular formula is C79H133NO18. The highest BCUT2D eigenvalue weighted by molar-refractivity contribution is 5.76. The van der Waals surface area contributed by atoms with Crippen LogP contribution in [-0.2, 0) is 33.2 Å². The lowest BCUT2D eigenvalue weighted by Crippen LogP contribution is -2.66. The fourth-order valence-corrected chi connectivity index (χ4v) is 11.9. The lowest BCUT2D eigenvalue weighted by molar-refractivity contribution is -0.379. The molecule has 1 amide bonds. The molecular weight excluding hydrogens is 1250 g/mol. The molecule has 3 rings (SSSR count). The normalized spacial score (nSPS) is 27.5. The van der Waals surface area contributed by atoms with E-state index in [1.807, 2.05) is 6.08 Å². The number of aliphatic hydroxyl groups excluding tert-OH is 11. The molecule has 0 saturated carbocycles. The second-order valence-corrected chi connectivity index (χ2v) is 26.4. The number of aliphatic hydroxyl groups is 11. The van der Waals surface area contributed by atoms with Crippen LogP contribution in [0.3, 0.4) is 0 Å². The molecule has 0 aromatic carbocycles. The summed E-state index contributed by atoms with van der Waals surface area (Å²) in [7, 11) is 0. The van der Waals surface area contributed by atoms with Crippen LogP contribution in [0.25, 0.3) is 0 Å². The third-order valence-electron chi connectivity index (χ3n) is 18.0. The van der Waals surface area contributed by atoms with Gasteiger partial charge in [-0.2, -0.15) is 0 Å². The minimum absolute atomic E-state index is 0.184. The third kappa shape index (κ3) is 39.0. The van der Waals surface area contributed by atoms with Gasteiger partial charge in [0.2, 0.25) is 5.91 Å². The molecule has 0 spiro atoms. The molecule has 0 aromatic rings. The van der Waals surface area contributed by atoms with Crippen LogP contribution in [0.15, 0.2) is 122 Å². The van der Waals surface area contributed by atoms with Crippen LogP contribution in [0.4, 0.5) is 0 Å². The number of amides is 1. The molecule has 12 N–H and O–H groups in total. The molecule has 3 fully saturated rings. The van der Waals surface area contributed by atoms with Gasteiger partial charge in [0, 0.05) is 6.42 Å². The van der Waals surface area contributed by atoms with Gasteiger partial charge in [0.1, 0.15) is 73.2 Å². The maximum absolute atomic E-state index is 13.4. The quantitative estimate of drug-likeness (QED) is 0.0199. The molecule has 0 bridgehead atoms. The number of carbonyl (C=O) groups is 1. The Morgan fingerprint density at radius 2 is 0.714 bits per heavy atom. The summed E-state index contributed by atoms with van der Waals surface area (Å²) in [5.41, 5.74) is 0. The first-order valence-electron chi connectivity index (χ1n) is 37.8. The summed E-state index contributed by atoms with van der Waals surface area (Å²) >= 11 is 0. The van der Waals surface area contributed by atoms with Gasteiger partial charge >= 0.3 is 0 Å². The number of ether oxygens (including phenoxy) is 6. The largest absolute Gasteiger partial charge is 0.394 e. The van der Waals surface area contributed by atoms with Gasteiger partial charge in [-0.1, -0.05) is 251 Å². The van der Waals surface area contributed by atoms with E-state index < -0.39 is 131 Å². The standard InChI is InChI=1S/C79H133NO18/c1-3-5-7-9-11-13-15-17-19-21-23-25-27-29-30-31-33-34-36-38-40-42-44-46-48-50-52-54-56-63(84)62(80-67(85)57-55-53-51-49-47-45-43-41-39-37-35-32-28-26-24-22-20-18-16-14-12-10-8-6-4-2)61-93-77-73(91)70(88)75(65(59-82)95-77)98-79-74(92)71(89)76(66(60-83)96-79)97-78-72(90)69(87)68(86)64(58-81)94-78/h6,8,12,14,18,20,24,26,32,35,38-41,45-48,54,56,62-66,68-79,81-84,86-92H,3-5,7,9-11,13,15-17,19,21-23,25,27-31,33-34,36-37,42-44,49-53,55,57-61H2,1-2H3,(H,80,85)/b8-6-,14-12-,20-18-,26-24-,35-32-,40-38+,41-39-,47-45-,48-46+,56-54+. The van der Waals surface area contributed by atoms with Crippen LogP contribution in [-0.4, -0.2) is 193 Å². The molecule has 19 nitrogen and oxygen atoms in total. The van der Waals surface area contributed by atoms with E-state index in [-0.39, 0.29) is 12.3 Å². The van der Waals surface area contributed by atoms with Gasteiger partial charge in [0.15, 0.2) is 18.9 Å². The van der Waals surface area contributed by atoms with Gasteiger partial charge in [-0.3, -0.25) is 4.79 Å². The van der Waals surface area contributed by atoms with Crippen molar-refractivity contribution in [2.75, 3.05) is 26.4 Å². The maximum Gasteiger partial charge on any atom is 0.220 e. The molecule has 562 valence electrons. The zero-order valence-electron chi connectivity index (χ0n) is 59.7. The molecule has 0 aliphatic carbocycles. The molecule has 3 saturated heterocycles. The molecule has 0 radical (unpaired) electrons. The van der Waals surface area contributed by atoms with Crippen molar-refractivity contribution in [1.29, 1.82) is 0 Å². The Labute approximate surface area is 588 Å². The highest BCUT2D eigenvalue weighted by atomic mass is 16.8. The van der Waals surface area contributed by atoms with E-state index in [2.05, 4.69) is 129 Å². The van der Waals surface area contributed by atoms with E-state index >= 15 is 0 Å². The van der Waals surface area contributed by atoms with Gasteiger partial charge in [-0.25, -0.2) is 0 Å². The Bertz CT molecular complexity index is 2250. The average Bonchev–Trinajstić information content (AvgIpc) is 0.784. The van der Waals surface area contributed by atoms with Crippen molar-refractivity contribution in [2.24, 2.45) is 0 Å². The predicted octanol–water partition coefficient (Wildman–Crippen LogP) is 11.6. The van der Waals surface area contributed by atoms with Crippen molar-refractivity contribution in [3.8, 4) is 0 Å². The Hall–Kier alpha value is -3.81. The molecule has 17 atom stereocenters. The summed E-state index contributed by atoms with van der Waals surface area (Å²) in [6.07, 6.45) is 54.6. The Morgan fingerprint density at radius 3 is 1.14 bits per heavy atom. The topological polar surface area (TPSA) is 307 Å². The van der Waals surface area contributed by atoms with E-state index in [0.29, 0.717) is 12.8 Å². The number of rotatable bonds is 57. The molecule has 17 unspecified atom stereocenters. The van der Waals surface area contributed by atoms with Crippen molar-refractivity contribution in [2.45, 2.75) is 343 Å². The zero-order valence-corrected chi connectivity index (χ0v) is 59.7. The van der Waals surface area contributed by atoms with Gasteiger partial charge in [0.25, 0.3) is 0 Å². The lowest BCUT2D eigenvalue weighted by atomic mass is 9.96. The van der Waals surface area contributed by atoms with Crippen LogP contribution in [0.1, 0.15) is 239 Å². The van der Waals surface area contributed by atoms with Crippen LogP contribution in [0.5, 0.6) is 0 Å². The number of allylic oxidation sites excluding steroid dienone is 19. The first-order valence-corrected chi connectivity index (χ1v) is 37.8. The predicted molar refractivity (Wildman–Crippen MR) is 387 cm³/mol. The smallest absolute Gasteiger partial charge is 0.220 e. The fraction of sp³-hybridized carbons (Fsp3) is 0.734. The number of unbranched alkanes of at least 4 members (excludes halogenated alkanes) is 23. The summed E-state index contributed by atoms with van der Waals surface area (Å²) in [6, 6.07) is -1.03. The highest BCUT2D eigenvalue weighted by Gasteiger charge is 2.53. The number of carbonyl (C=O) groups excluding carboxylic acids is 1. The van der Waals surface area contributed by atoms with E-state index in [9.17, 15) is 61.0 Å². The van der Waals surface area contributed by atoms with E-state index in [1.54, 1.807) is 6.08 Å². The average molecular weight is 1380 g/mol. The zero-order chi connectivity index (χ0) is 71.1. The van der Waals surface area contributed by atoms with E-state index in [0.717, 1.165) is 89.9 Å². The molecule has 3 heterocycles. The van der Waals surface area contributed by atoms with Crippen LogP contribution >= 0.6 is 0 Å². The highest BCUT2D eigenvalue weighted by Crippen LogP contribution is 2.33. The summed E-state index contributed by atoms with van der Waals surface area (Å²) in [5, 5.41) is 121. The monoisotopic (exact) mass is 1380 g/mol. The Balaban J connectivity index is 1.45. The van der Waals surface area contributed by atoms with Crippen molar-refractivity contribution in [3.63, 3.8) is 0 Å². The molecule has 3 aliphatic rings. The van der Waals surface area contributed by atoms with E-state index in [1.165, 1.54) is 116 Å². The Kier molecular flexibility index (Phi) is 52.9. The first kappa shape index (κ1) is 88.4. The second kappa shape index (κ2) is 58.7. The van der Waals surface area contributed by atoms with Gasteiger partial charge < -0.3 is 89.9 Å². The summed E-state index contributed by atoms with van der Waals surface area (Å²) < 4.78 is 34.3. The van der Waals surface area contributed by atoms with Gasteiger partial charge in [0.05, 0.1) is 38.6 Å². The molecule has 3 aliphatic heterocycles. The van der Waals surface area contributed by atoms with Gasteiger partial charge in [-0.15, -0.1) is 0 Å². The second-order valence-electron chi connectivity index (χ2n) is 26.4.